The monoisotopic (exact) mass is 483 g/mol. The van der Waals surface area contributed by atoms with Gasteiger partial charge < -0.3 is 14.4 Å². The largest absolute Gasteiger partial charge is 0.493 e. The molecule has 0 saturated carbocycles. The van der Waals surface area contributed by atoms with E-state index in [1.165, 1.54) is 22.5 Å². The molecule has 0 radical (unpaired) electrons. The molecule has 34 heavy (non-hydrogen) atoms. The van der Waals surface area contributed by atoms with Crippen molar-refractivity contribution in [2.75, 3.05) is 45.3 Å². The number of para-hydroxylation sites is 1. The van der Waals surface area contributed by atoms with E-state index in [9.17, 15) is 9.18 Å². The van der Waals surface area contributed by atoms with Crippen molar-refractivity contribution in [1.29, 1.82) is 0 Å². The van der Waals surface area contributed by atoms with Crippen LogP contribution in [0.5, 0.6) is 11.5 Å². The number of halogens is 1. The lowest BCUT2D eigenvalue weighted by Gasteiger charge is -2.41. The average Bonchev–Trinajstić information content (AvgIpc) is 3.36. The Balaban J connectivity index is 1.45. The van der Waals surface area contributed by atoms with Crippen LogP contribution in [0.3, 0.4) is 0 Å². The summed E-state index contributed by atoms with van der Waals surface area (Å²) in [5.41, 5.74) is 1.56. The van der Waals surface area contributed by atoms with Gasteiger partial charge in [0.1, 0.15) is 16.9 Å². The lowest BCUT2D eigenvalue weighted by Crippen LogP contribution is -2.50. The van der Waals surface area contributed by atoms with E-state index in [4.69, 9.17) is 9.47 Å². The van der Waals surface area contributed by atoms with Crippen molar-refractivity contribution in [3.63, 3.8) is 0 Å². The van der Waals surface area contributed by atoms with Gasteiger partial charge in [0.25, 0.3) is 5.91 Å². The third kappa shape index (κ3) is 4.01. The molecule has 1 aromatic heterocycles. The minimum absolute atomic E-state index is 0.0862. The number of hydrogen-bond acceptors (Lipinski definition) is 8. The molecule has 178 valence electrons. The summed E-state index contributed by atoms with van der Waals surface area (Å²) in [6.45, 7) is 4.43. The molecule has 0 spiro atoms. The first-order valence-corrected chi connectivity index (χ1v) is 12.0. The third-order valence-corrected chi connectivity index (χ3v) is 7.49. The van der Waals surface area contributed by atoms with Crippen molar-refractivity contribution in [2.45, 2.75) is 23.4 Å². The second-order valence-electron chi connectivity index (χ2n) is 8.26. The molecule has 2 unspecified atom stereocenters. The van der Waals surface area contributed by atoms with Gasteiger partial charge in [-0.1, -0.05) is 30.0 Å². The van der Waals surface area contributed by atoms with Gasteiger partial charge in [-0.15, -0.1) is 5.10 Å². The number of piperazine rings is 1. The zero-order valence-corrected chi connectivity index (χ0v) is 20.1. The Morgan fingerprint density at radius 1 is 1.06 bits per heavy atom. The Hall–Kier alpha value is -3.11. The number of carbonyl (C=O) groups excluding carboxylic acids is 1. The van der Waals surface area contributed by atoms with Gasteiger partial charge in [0, 0.05) is 26.2 Å². The number of benzene rings is 2. The zero-order chi connectivity index (χ0) is 23.8. The highest BCUT2D eigenvalue weighted by Crippen LogP contribution is 2.43. The third-order valence-electron chi connectivity index (χ3n) is 6.30. The molecule has 0 N–H and O–H groups in total. The van der Waals surface area contributed by atoms with E-state index >= 15 is 0 Å². The summed E-state index contributed by atoms with van der Waals surface area (Å²) in [4.78, 5) is 22.1. The van der Waals surface area contributed by atoms with Crippen molar-refractivity contribution in [1.82, 2.24) is 19.7 Å². The molecule has 1 saturated heterocycles. The second kappa shape index (κ2) is 9.27. The van der Waals surface area contributed by atoms with Gasteiger partial charge in [0.2, 0.25) is 0 Å². The number of ether oxygens (including phenoxy) is 2. The van der Waals surface area contributed by atoms with Gasteiger partial charge >= 0.3 is 0 Å². The number of fused-ring (bicyclic) bond motifs is 1. The van der Waals surface area contributed by atoms with Crippen LogP contribution >= 0.6 is 11.8 Å². The van der Waals surface area contributed by atoms with Gasteiger partial charge in [-0.3, -0.25) is 9.69 Å². The topological polar surface area (TPSA) is 72.7 Å². The van der Waals surface area contributed by atoms with Crippen LogP contribution in [0.15, 0.2) is 47.6 Å². The summed E-state index contributed by atoms with van der Waals surface area (Å²) in [6.07, 6.45) is 0. The van der Waals surface area contributed by atoms with E-state index in [-0.39, 0.29) is 17.8 Å². The van der Waals surface area contributed by atoms with Gasteiger partial charge in [0.05, 0.1) is 25.9 Å². The molecule has 3 aromatic rings. The Bertz CT molecular complexity index is 1210. The zero-order valence-electron chi connectivity index (χ0n) is 19.3. The molecule has 1 fully saturated rings. The van der Waals surface area contributed by atoms with E-state index in [1.54, 1.807) is 33.3 Å². The van der Waals surface area contributed by atoms with Crippen molar-refractivity contribution in [3.8, 4) is 11.5 Å². The number of hydrogen-bond donors (Lipinski definition) is 0. The molecular formula is C24H26FN5O3S. The minimum atomic E-state index is -0.409. The molecule has 0 aliphatic carbocycles. The minimum Gasteiger partial charge on any atom is -0.493 e. The van der Waals surface area contributed by atoms with Crippen LogP contribution in [0.25, 0.3) is 0 Å². The molecular weight excluding hydrogens is 457 g/mol. The van der Waals surface area contributed by atoms with Crippen LogP contribution in [0.2, 0.25) is 0 Å². The predicted octanol–water partition coefficient (Wildman–Crippen LogP) is 3.42. The second-order valence-corrected chi connectivity index (χ2v) is 9.37. The summed E-state index contributed by atoms with van der Waals surface area (Å²) in [5.74, 6) is 1.51. The Kier molecular flexibility index (Phi) is 6.18. The van der Waals surface area contributed by atoms with Gasteiger partial charge in [-0.05, 0) is 36.8 Å². The maximum atomic E-state index is 14.3. The summed E-state index contributed by atoms with van der Waals surface area (Å²) >= 11 is 1.44. The summed E-state index contributed by atoms with van der Waals surface area (Å²) in [6, 6.07) is 12.4. The van der Waals surface area contributed by atoms with Gasteiger partial charge in [0.15, 0.2) is 16.7 Å². The number of aryl methyl sites for hydroxylation is 1. The number of methoxy groups -OCH3 is 2. The van der Waals surface area contributed by atoms with E-state index in [0.29, 0.717) is 54.3 Å². The van der Waals surface area contributed by atoms with E-state index in [2.05, 4.69) is 19.9 Å². The van der Waals surface area contributed by atoms with Crippen molar-refractivity contribution < 1.29 is 18.7 Å². The summed E-state index contributed by atoms with van der Waals surface area (Å²) < 4.78 is 26.7. The van der Waals surface area contributed by atoms with Crippen molar-refractivity contribution >= 4 is 23.4 Å². The fourth-order valence-electron chi connectivity index (χ4n) is 4.66. The maximum Gasteiger partial charge on any atom is 0.264 e. The van der Waals surface area contributed by atoms with Gasteiger partial charge in [-0.2, -0.15) is 4.68 Å². The van der Waals surface area contributed by atoms with E-state index in [1.807, 2.05) is 24.3 Å². The smallest absolute Gasteiger partial charge is 0.264 e. The highest BCUT2D eigenvalue weighted by atomic mass is 32.2. The molecule has 2 atom stereocenters. The molecule has 2 aliphatic heterocycles. The number of carbonyl (C=O) groups is 1. The summed E-state index contributed by atoms with van der Waals surface area (Å²) in [7, 11) is 3.20. The highest BCUT2D eigenvalue weighted by Gasteiger charge is 2.43. The maximum absolute atomic E-state index is 14.3. The number of rotatable bonds is 6. The molecule has 0 bridgehead atoms. The van der Waals surface area contributed by atoms with Crippen molar-refractivity contribution in [2.24, 2.45) is 0 Å². The fraction of sp³-hybridized carbons (Fsp3) is 0.375. The van der Waals surface area contributed by atoms with Crippen LogP contribution in [0, 0.1) is 12.7 Å². The van der Waals surface area contributed by atoms with Crippen molar-refractivity contribution in [3.05, 3.63) is 59.7 Å². The lowest BCUT2D eigenvalue weighted by atomic mass is 9.99. The standard InChI is InChI=1S/C24H26FN5O3S/c1-15-26-24-30(27-15)23(31)22(34-24)21(16-8-9-19(32-2)20(14-16)33-3)29-12-10-28(11-13-29)18-7-5-4-6-17(18)25/h4-9,14,21-22H,10-13H2,1-3H3. The van der Waals surface area contributed by atoms with E-state index < -0.39 is 5.25 Å². The fourth-order valence-corrected chi connectivity index (χ4v) is 5.96. The van der Waals surface area contributed by atoms with Crippen LogP contribution in [-0.4, -0.2) is 71.2 Å². The summed E-state index contributed by atoms with van der Waals surface area (Å²) in [5, 5.41) is 4.49. The molecule has 2 aliphatic rings. The van der Waals surface area contributed by atoms with Gasteiger partial charge in [-0.25, -0.2) is 9.37 Å². The van der Waals surface area contributed by atoms with Crippen LogP contribution < -0.4 is 14.4 Å². The number of thioether (sulfide) groups is 1. The molecule has 3 heterocycles. The Morgan fingerprint density at radius 2 is 1.79 bits per heavy atom. The van der Waals surface area contributed by atoms with E-state index in [0.717, 1.165) is 5.56 Å². The van der Waals surface area contributed by atoms with Crippen LogP contribution in [0.4, 0.5) is 10.1 Å². The first-order valence-electron chi connectivity index (χ1n) is 11.1. The Morgan fingerprint density at radius 3 is 2.47 bits per heavy atom. The lowest BCUT2D eigenvalue weighted by molar-refractivity contribution is 0.0829. The number of anilines is 1. The quantitative estimate of drug-likeness (QED) is 0.528. The number of nitrogens with zero attached hydrogens (tertiary/aromatic N) is 5. The average molecular weight is 484 g/mol. The molecule has 2 aromatic carbocycles. The molecule has 8 nitrogen and oxygen atoms in total. The molecule has 5 rings (SSSR count). The normalized spacial score (nSPS) is 19.2. The predicted molar refractivity (Wildman–Crippen MR) is 128 cm³/mol. The number of aromatic nitrogens is 3. The SMILES string of the molecule is COc1ccc(C(C2Sc3nc(C)nn3C2=O)N2CCN(c3ccccc3F)CC2)cc1OC. The van der Waals surface area contributed by atoms with Crippen LogP contribution in [0.1, 0.15) is 22.2 Å². The Labute approximate surface area is 201 Å². The first-order chi connectivity index (χ1) is 16.5. The molecule has 10 heteroatoms. The van der Waals surface area contributed by atoms with Crippen LogP contribution in [-0.2, 0) is 0 Å². The molecule has 0 amide bonds. The first kappa shape index (κ1) is 22.7. The highest BCUT2D eigenvalue weighted by molar-refractivity contribution is 8.00.